The summed E-state index contributed by atoms with van der Waals surface area (Å²) in [6.45, 7) is 2.24. The van der Waals surface area contributed by atoms with Crippen molar-refractivity contribution in [2.45, 2.75) is 32.6 Å². The zero-order valence-corrected chi connectivity index (χ0v) is 11.0. The lowest BCUT2D eigenvalue weighted by molar-refractivity contribution is 0.719. The maximum Gasteiger partial charge on any atom is -0.0107 e. The molecule has 0 heterocycles. The minimum Gasteiger partial charge on any atom is -0.120 e. The Hall–Kier alpha value is -1.78. The third-order valence-corrected chi connectivity index (χ3v) is 3.16. The first kappa shape index (κ1) is 12.7. The summed E-state index contributed by atoms with van der Waals surface area (Å²) in [6.07, 6.45) is 13.6. The van der Waals surface area contributed by atoms with Gasteiger partial charge in [0.25, 0.3) is 0 Å². The largest absolute Gasteiger partial charge is 0.120 e. The Labute approximate surface area is 110 Å². The van der Waals surface area contributed by atoms with Crippen LogP contribution in [0.5, 0.6) is 0 Å². The van der Waals surface area contributed by atoms with Crippen molar-refractivity contribution in [3.05, 3.63) is 71.5 Å². The fourth-order valence-electron chi connectivity index (χ4n) is 2.08. The Morgan fingerprint density at radius 2 is 1.78 bits per heavy atom. The summed E-state index contributed by atoms with van der Waals surface area (Å²) in [5.41, 5.74) is 7.15. The van der Waals surface area contributed by atoms with Crippen LogP contribution in [0.25, 0.3) is 5.57 Å². The van der Waals surface area contributed by atoms with Gasteiger partial charge in [0.15, 0.2) is 0 Å². The summed E-state index contributed by atoms with van der Waals surface area (Å²) in [6, 6.07) is 10.5. The van der Waals surface area contributed by atoms with E-state index in [1.165, 1.54) is 36.0 Å². The van der Waals surface area contributed by atoms with Crippen molar-refractivity contribution < 1.29 is 0 Å². The van der Waals surface area contributed by atoms with Gasteiger partial charge in [0.1, 0.15) is 0 Å². The quantitative estimate of drug-likeness (QED) is 0.480. The Morgan fingerprint density at radius 1 is 0.944 bits per heavy atom. The minimum absolute atomic E-state index is 1.16. The predicted octanol–water partition coefficient (Wildman–Crippen LogP) is 5.30. The number of hydrogen-bond donors (Lipinski definition) is 0. The molecule has 1 aliphatic carbocycles. The molecule has 0 saturated heterocycles. The first-order chi connectivity index (χ1) is 8.90. The van der Waals surface area contributed by atoms with Crippen LogP contribution in [0, 0.1) is 0 Å². The lowest BCUT2D eigenvalue weighted by Crippen LogP contribution is -1.80. The number of hydrogen-bond acceptors (Lipinski definition) is 0. The molecular weight excluding hydrogens is 216 g/mol. The first-order valence-corrected chi connectivity index (χ1v) is 6.79. The molecule has 1 aromatic carbocycles. The van der Waals surface area contributed by atoms with E-state index < -0.39 is 0 Å². The minimum atomic E-state index is 1.16. The van der Waals surface area contributed by atoms with Gasteiger partial charge in [-0.15, -0.1) is 5.73 Å². The molecule has 92 valence electrons. The molecule has 2 rings (SSSR count). The fraction of sp³-hybridized carbons (Fsp3) is 0.278. The molecule has 0 spiro atoms. The van der Waals surface area contributed by atoms with Crippen LogP contribution in [-0.4, -0.2) is 0 Å². The zero-order valence-electron chi connectivity index (χ0n) is 11.0. The van der Waals surface area contributed by atoms with E-state index in [2.05, 4.69) is 61.2 Å². The van der Waals surface area contributed by atoms with Gasteiger partial charge < -0.3 is 0 Å². The third kappa shape index (κ3) is 3.61. The van der Waals surface area contributed by atoms with E-state index in [9.17, 15) is 0 Å². The Morgan fingerprint density at radius 3 is 2.56 bits per heavy atom. The monoisotopic (exact) mass is 236 g/mol. The van der Waals surface area contributed by atoms with Gasteiger partial charge in [-0.3, -0.25) is 0 Å². The van der Waals surface area contributed by atoms with Gasteiger partial charge in [0, 0.05) is 0 Å². The number of rotatable bonds is 5. The maximum absolute atomic E-state index is 3.29. The predicted molar refractivity (Wildman–Crippen MR) is 79.3 cm³/mol. The van der Waals surface area contributed by atoms with Crippen LogP contribution < -0.4 is 0 Å². The van der Waals surface area contributed by atoms with Gasteiger partial charge in [-0.25, -0.2) is 0 Å². The summed E-state index contributed by atoms with van der Waals surface area (Å²) in [5.74, 6) is 0. The van der Waals surface area contributed by atoms with E-state index in [-0.39, 0.29) is 0 Å². The molecule has 0 aliphatic heterocycles. The van der Waals surface area contributed by atoms with Crippen LogP contribution in [0.1, 0.15) is 38.2 Å². The van der Waals surface area contributed by atoms with Crippen molar-refractivity contribution in [2.24, 2.45) is 0 Å². The molecule has 0 radical (unpaired) electrons. The van der Waals surface area contributed by atoms with Crippen molar-refractivity contribution in [1.29, 1.82) is 0 Å². The molecule has 0 bridgehead atoms. The van der Waals surface area contributed by atoms with Gasteiger partial charge in [0.2, 0.25) is 0 Å². The standard InChI is InChI=1S/C18H20/c1-2-3-5-9-16-10-8-13-18(15-14-16)17-11-6-4-7-12-17/h4,6-7,10-15H,2-3,5,9H2,1H3. The highest BCUT2D eigenvalue weighted by atomic mass is 14.0. The lowest BCUT2D eigenvalue weighted by Gasteiger charge is -2.00. The van der Waals surface area contributed by atoms with E-state index in [4.69, 9.17) is 0 Å². The molecule has 0 amide bonds. The van der Waals surface area contributed by atoms with E-state index in [1.54, 1.807) is 0 Å². The van der Waals surface area contributed by atoms with Crippen molar-refractivity contribution in [1.82, 2.24) is 0 Å². The molecule has 0 N–H and O–H groups in total. The van der Waals surface area contributed by atoms with Crippen molar-refractivity contribution >= 4 is 5.57 Å². The Kier molecular flexibility index (Phi) is 4.81. The topological polar surface area (TPSA) is 0 Å². The SMILES string of the molecule is CCCCCC1=CC=C(c2ccccc2)C=C=C1. The number of allylic oxidation sites excluding steroid dienone is 5. The molecule has 0 unspecified atom stereocenters. The van der Waals surface area contributed by atoms with Gasteiger partial charge in [-0.1, -0.05) is 62.2 Å². The van der Waals surface area contributed by atoms with Gasteiger partial charge in [-0.2, -0.15) is 0 Å². The van der Waals surface area contributed by atoms with Crippen LogP contribution in [-0.2, 0) is 0 Å². The summed E-state index contributed by atoms with van der Waals surface area (Å²) < 4.78 is 0. The number of benzene rings is 1. The maximum atomic E-state index is 3.29. The second kappa shape index (κ2) is 6.83. The van der Waals surface area contributed by atoms with Crippen molar-refractivity contribution in [2.75, 3.05) is 0 Å². The van der Waals surface area contributed by atoms with Crippen LogP contribution in [0.4, 0.5) is 0 Å². The van der Waals surface area contributed by atoms with E-state index in [1.807, 2.05) is 6.07 Å². The summed E-state index contributed by atoms with van der Waals surface area (Å²) >= 11 is 0. The highest BCUT2D eigenvalue weighted by molar-refractivity contribution is 5.75. The molecule has 0 fully saturated rings. The number of unbranched alkanes of at least 4 members (excludes halogenated alkanes) is 2. The van der Waals surface area contributed by atoms with Crippen LogP contribution in [0.3, 0.4) is 0 Å². The molecule has 0 heteroatoms. The average molecular weight is 236 g/mol. The Balaban J connectivity index is 2.10. The highest BCUT2D eigenvalue weighted by Crippen LogP contribution is 2.19. The molecule has 18 heavy (non-hydrogen) atoms. The first-order valence-electron chi connectivity index (χ1n) is 6.79. The lowest BCUT2D eigenvalue weighted by atomic mass is 10.0. The van der Waals surface area contributed by atoms with Gasteiger partial charge in [-0.05, 0) is 41.7 Å². The van der Waals surface area contributed by atoms with Crippen LogP contribution in [0.2, 0.25) is 0 Å². The van der Waals surface area contributed by atoms with Crippen LogP contribution in [0.15, 0.2) is 65.9 Å². The van der Waals surface area contributed by atoms with Gasteiger partial charge >= 0.3 is 0 Å². The third-order valence-electron chi connectivity index (χ3n) is 3.16. The molecule has 1 aliphatic rings. The van der Waals surface area contributed by atoms with Crippen LogP contribution >= 0.6 is 0 Å². The average Bonchev–Trinajstić information content (AvgIpc) is 2.66. The highest BCUT2D eigenvalue weighted by Gasteiger charge is 1.99. The molecule has 0 nitrogen and oxygen atoms in total. The summed E-state index contributed by atoms with van der Waals surface area (Å²) in [4.78, 5) is 0. The van der Waals surface area contributed by atoms with E-state index in [0.29, 0.717) is 0 Å². The molecule has 0 atom stereocenters. The molecular formula is C18H20. The zero-order chi connectivity index (χ0) is 12.6. The van der Waals surface area contributed by atoms with E-state index in [0.717, 1.165) is 6.42 Å². The van der Waals surface area contributed by atoms with Gasteiger partial charge in [0.05, 0.1) is 0 Å². The summed E-state index contributed by atoms with van der Waals surface area (Å²) in [7, 11) is 0. The van der Waals surface area contributed by atoms with Crippen molar-refractivity contribution in [3.8, 4) is 0 Å². The van der Waals surface area contributed by atoms with Crippen molar-refractivity contribution in [3.63, 3.8) is 0 Å². The molecule has 0 aromatic heterocycles. The fourth-order valence-corrected chi connectivity index (χ4v) is 2.08. The molecule has 0 saturated carbocycles. The normalized spacial score (nSPS) is 14.1. The smallest absolute Gasteiger partial charge is 0.0107 e. The Bertz CT molecular complexity index is 494. The second-order valence-corrected chi connectivity index (χ2v) is 4.64. The van der Waals surface area contributed by atoms with E-state index >= 15 is 0 Å². The summed E-state index contributed by atoms with van der Waals surface area (Å²) in [5, 5.41) is 0. The molecule has 1 aromatic rings. The second-order valence-electron chi connectivity index (χ2n) is 4.64.